The van der Waals surface area contributed by atoms with E-state index < -0.39 is 29.1 Å². The van der Waals surface area contributed by atoms with E-state index in [-0.39, 0.29) is 50.9 Å². The predicted octanol–water partition coefficient (Wildman–Crippen LogP) is 3.62. The summed E-state index contributed by atoms with van der Waals surface area (Å²) in [6.07, 6.45) is 1.56. The SMILES string of the molecule is CCCC(C)(C)COC(=O)CC[C@](CCC(=O)OCC)(C(C)=O)C(=O)OCC. The van der Waals surface area contributed by atoms with Crippen LogP contribution in [0, 0.1) is 10.8 Å². The third kappa shape index (κ3) is 8.85. The molecule has 0 aliphatic carbocycles. The molecule has 0 aromatic heterocycles. The summed E-state index contributed by atoms with van der Waals surface area (Å²) < 4.78 is 15.3. The molecule has 162 valence electrons. The minimum Gasteiger partial charge on any atom is -0.466 e. The van der Waals surface area contributed by atoms with Crippen molar-refractivity contribution in [3.05, 3.63) is 0 Å². The number of carbonyl (C=O) groups excluding carboxylic acids is 4. The number of hydrogen-bond acceptors (Lipinski definition) is 7. The highest BCUT2D eigenvalue weighted by Gasteiger charge is 2.45. The highest BCUT2D eigenvalue weighted by Crippen LogP contribution is 2.34. The average Bonchev–Trinajstić information content (AvgIpc) is 2.60. The van der Waals surface area contributed by atoms with Gasteiger partial charge in [-0.1, -0.05) is 27.2 Å². The van der Waals surface area contributed by atoms with E-state index in [1.807, 2.05) is 13.8 Å². The van der Waals surface area contributed by atoms with Crippen molar-refractivity contribution in [1.29, 1.82) is 0 Å². The molecule has 0 amide bonds. The second-order valence-corrected chi connectivity index (χ2v) is 7.74. The van der Waals surface area contributed by atoms with Gasteiger partial charge < -0.3 is 14.2 Å². The molecule has 7 heteroatoms. The van der Waals surface area contributed by atoms with Gasteiger partial charge in [0.2, 0.25) is 0 Å². The van der Waals surface area contributed by atoms with Crippen molar-refractivity contribution < 1.29 is 33.4 Å². The molecular formula is C21H36O7. The second-order valence-electron chi connectivity index (χ2n) is 7.74. The van der Waals surface area contributed by atoms with Gasteiger partial charge in [-0.25, -0.2) is 0 Å². The van der Waals surface area contributed by atoms with Crippen molar-refractivity contribution in [2.75, 3.05) is 19.8 Å². The molecule has 0 saturated heterocycles. The Labute approximate surface area is 168 Å². The van der Waals surface area contributed by atoms with Crippen molar-refractivity contribution in [1.82, 2.24) is 0 Å². The molecule has 0 fully saturated rings. The number of Topliss-reactive ketones (excluding diaryl/α,β-unsaturated/α-hetero) is 1. The molecule has 7 nitrogen and oxygen atoms in total. The van der Waals surface area contributed by atoms with Crippen LogP contribution >= 0.6 is 0 Å². The topological polar surface area (TPSA) is 96.0 Å². The van der Waals surface area contributed by atoms with Crippen LogP contribution < -0.4 is 0 Å². The number of ether oxygens (including phenoxy) is 3. The summed E-state index contributed by atoms with van der Waals surface area (Å²) in [5, 5.41) is 0. The lowest BCUT2D eigenvalue weighted by Gasteiger charge is -2.29. The monoisotopic (exact) mass is 400 g/mol. The molecule has 0 bridgehead atoms. The first kappa shape index (κ1) is 26.1. The van der Waals surface area contributed by atoms with Gasteiger partial charge in [0.15, 0.2) is 0 Å². The molecule has 28 heavy (non-hydrogen) atoms. The molecule has 0 aliphatic rings. The maximum absolute atomic E-state index is 12.5. The fourth-order valence-electron chi connectivity index (χ4n) is 3.06. The number of hydrogen-bond donors (Lipinski definition) is 0. The molecule has 1 atom stereocenters. The molecular weight excluding hydrogens is 364 g/mol. The number of ketones is 1. The normalized spacial score (nSPS) is 13.4. The molecule has 0 spiro atoms. The Kier molecular flexibility index (Phi) is 11.7. The summed E-state index contributed by atoms with van der Waals surface area (Å²) in [5.74, 6) is -2.13. The third-order valence-electron chi connectivity index (χ3n) is 4.71. The quantitative estimate of drug-likeness (QED) is 0.250. The van der Waals surface area contributed by atoms with Gasteiger partial charge in [-0.2, -0.15) is 0 Å². The Balaban J connectivity index is 5.14. The van der Waals surface area contributed by atoms with Crippen molar-refractivity contribution in [3.8, 4) is 0 Å². The summed E-state index contributed by atoms with van der Waals surface area (Å²) in [4.78, 5) is 48.8. The van der Waals surface area contributed by atoms with Crippen molar-refractivity contribution in [3.63, 3.8) is 0 Å². The van der Waals surface area contributed by atoms with Crippen LogP contribution in [0.15, 0.2) is 0 Å². The first-order valence-corrected chi connectivity index (χ1v) is 10.0. The van der Waals surface area contributed by atoms with Gasteiger partial charge in [-0.3, -0.25) is 19.2 Å². The summed E-state index contributed by atoms with van der Waals surface area (Å²) in [5.41, 5.74) is -1.69. The summed E-state index contributed by atoms with van der Waals surface area (Å²) in [6.45, 7) is 11.3. The minimum atomic E-state index is -1.55. The highest BCUT2D eigenvalue weighted by molar-refractivity contribution is 6.03. The van der Waals surface area contributed by atoms with E-state index in [9.17, 15) is 19.2 Å². The lowest BCUT2D eigenvalue weighted by atomic mass is 9.75. The largest absolute Gasteiger partial charge is 0.466 e. The Morgan fingerprint density at radius 2 is 1.25 bits per heavy atom. The molecule has 0 aromatic carbocycles. The van der Waals surface area contributed by atoms with E-state index in [0.717, 1.165) is 12.8 Å². The number of carbonyl (C=O) groups is 4. The van der Waals surface area contributed by atoms with E-state index in [2.05, 4.69) is 6.92 Å². The summed E-state index contributed by atoms with van der Waals surface area (Å²) in [7, 11) is 0. The van der Waals surface area contributed by atoms with Crippen LogP contribution in [-0.4, -0.2) is 43.5 Å². The van der Waals surface area contributed by atoms with Crippen LogP contribution in [0.4, 0.5) is 0 Å². The average molecular weight is 401 g/mol. The fraction of sp³-hybridized carbons (Fsp3) is 0.810. The van der Waals surface area contributed by atoms with Gasteiger partial charge in [0.05, 0.1) is 19.8 Å². The lowest BCUT2D eigenvalue weighted by molar-refractivity contribution is -0.162. The molecule has 0 rings (SSSR count). The molecule has 0 N–H and O–H groups in total. The van der Waals surface area contributed by atoms with E-state index >= 15 is 0 Å². The second kappa shape index (κ2) is 12.5. The highest BCUT2D eigenvalue weighted by atomic mass is 16.5. The van der Waals surface area contributed by atoms with Crippen LogP contribution in [0.3, 0.4) is 0 Å². The van der Waals surface area contributed by atoms with Crippen molar-refractivity contribution >= 4 is 23.7 Å². The van der Waals surface area contributed by atoms with Crippen LogP contribution in [0.1, 0.15) is 80.1 Å². The van der Waals surface area contributed by atoms with Gasteiger partial charge in [0.25, 0.3) is 0 Å². The van der Waals surface area contributed by atoms with E-state index in [1.54, 1.807) is 13.8 Å². The third-order valence-corrected chi connectivity index (χ3v) is 4.71. The van der Waals surface area contributed by atoms with E-state index in [4.69, 9.17) is 14.2 Å². The van der Waals surface area contributed by atoms with Crippen LogP contribution in [0.5, 0.6) is 0 Å². The molecule has 0 radical (unpaired) electrons. The first-order valence-electron chi connectivity index (χ1n) is 10.0. The standard InChI is InChI=1S/C21H36O7/c1-7-12-20(5,6)15-28-18(24)11-14-21(16(4)22,19(25)27-9-3)13-10-17(23)26-8-2/h7-15H2,1-6H3/t21-/m1/s1. The van der Waals surface area contributed by atoms with Gasteiger partial charge in [0.1, 0.15) is 11.2 Å². The molecule has 0 unspecified atom stereocenters. The van der Waals surface area contributed by atoms with Gasteiger partial charge in [-0.05, 0) is 45.4 Å². The molecule has 0 aliphatic heterocycles. The Hall–Kier alpha value is -1.92. The lowest BCUT2D eigenvalue weighted by Crippen LogP contribution is -2.41. The Bertz CT molecular complexity index is 539. The summed E-state index contributed by atoms with van der Waals surface area (Å²) >= 11 is 0. The minimum absolute atomic E-state index is 0.0609. The van der Waals surface area contributed by atoms with Crippen LogP contribution in [0.2, 0.25) is 0 Å². The maximum atomic E-state index is 12.5. The molecule has 0 saturated carbocycles. The van der Waals surface area contributed by atoms with E-state index in [1.165, 1.54) is 6.92 Å². The van der Waals surface area contributed by atoms with Crippen molar-refractivity contribution in [2.45, 2.75) is 80.1 Å². The number of esters is 3. The Morgan fingerprint density at radius 3 is 1.68 bits per heavy atom. The zero-order valence-electron chi connectivity index (χ0n) is 18.2. The Morgan fingerprint density at radius 1 is 0.750 bits per heavy atom. The fourth-order valence-corrected chi connectivity index (χ4v) is 3.06. The van der Waals surface area contributed by atoms with E-state index in [0.29, 0.717) is 0 Å². The zero-order chi connectivity index (χ0) is 21.8. The van der Waals surface area contributed by atoms with Gasteiger partial charge >= 0.3 is 17.9 Å². The van der Waals surface area contributed by atoms with Gasteiger partial charge in [-0.15, -0.1) is 0 Å². The first-order chi connectivity index (χ1) is 13.0. The number of rotatable bonds is 14. The molecule has 0 heterocycles. The van der Waals surface area contributed by atoms with Crippen LogP contribution in [0.25, 0.3) is 0 Å². The molecule has 0 aromatic rings. The summed E-state index contributed by atoms with van der Waals surface area (Å²) in [6, 6.07) is 0. The van der Waals surface area contributed by atoms with Crippen molar-refractivity contribution in [2.24, 2.45) is 10.8 Å². The van der Waals surface area contributed by atoms with Crippen LogP contribution in [-0.2, 0) is 33.4 Å². The zero-order valence-corrected chi connectivity index (χ0v) is 18.2. The van der Waals surface area contributed by atoms with Gasteiger partial charge in [0, 0.05) is 12.8 Å². The smallest absolute Gasteiger partial charge is 0.319 e. The predicted molar refractivity (Wildman–Crippen MR) is 104 cm³/mol. The maximum Gasteiger partial charge on any atom is 0.319 e.